The lowest BCUT2D eigenvalue weighted by atomic mass is 9.94. The first-order valence-corrected chi connectivity index (χ1v) is 13.4. The number of piperidine rings is 2. The summed E-state index contributed by atoms with van der Waals surface area (Å²) in [5, 5.41) is 17.8. The highest BCUT2D eigenvalue weighted by Crippen LogP contribution is 2.43. The fraction of sp³-hybridized carbons (Fsp3) is 0.667. The van der Waals surface area contributed by atoms with Crippen molar-refractivity contribution in [2.24, 2.45) is 5.92 Å². The van der Waals surface area contributed by atoms with Gasteiger partial charge in [0.15, 0.2) is 0 Å². The van der Waals surface area contributed by atoms with Crippen molar-refractivity contribution in [1.29, 1.82) is 0 Å². The lowest BCUT2D eigenvalue weighted by Gasteiger charge is -2.38. The van der Waals surface area contributed by atoms with Gasteiger partial charge in [0.2, 0.25) is 5.91 Å². The summed E-state index contributed by atoms with van der Waals surface area (Å²) in [6, 6.07) is 2.55. The number of amides is 2. The summed E-state index contributed by atoms with van der Waals surface area (Å²) in [4.78, 5) is 41.3. The Kier molecular flexibility index (Phi) is 7.14. The third-order valence-electron chi connectivity index (χ3n) is 7.60. The molecule has 37 heavy (non-hydrogen) atoms. The van der Waals surface area contributed by atoms with E-state index in [0.717, 1.165) is 12.8 Å². The van der Waals surface area contributed by atoms with Gasteiger partial charge in [0, 0.05) is 49.2 Å². The van der Waals surface area contributed by atoms with Gasteiger partial charge in [-0.2, -0.15) is 0 Å². The summed E-state index contributed by atoms with van der Waals surface area (Å²) in [7, 11) is 0. The zero-order valence-electron chi connectivity index (χ0n) is 20.3. The number of hydrogen-bond acceptors (Lipinski definition) is 7. The Labute approximate surface area is 221 Å². The van der Waals surface area contributed by atoms with E-state index in [1.54, 1.807) is 15.9 Å². The molecule has 0 unspecified atom stereocenters. The molecule has 2 N–H and O–H groups in total. The third kappa shape index (κ3) is 5.73. The van der Waals surface area contributed by atoms with E-state index in [1.807, 2.05) is 0 Å². The summed E-state index contributed by atoms with van der Waals surface area (Å²) in [6.07, 6.45) is 2.50. The van der Waals surface area contributed by atoms with Crippen LogP contribution in [0.4, 0.5) is 20.2 Å². The van der Waals surface area contributed by atoms with Gasteiger partial charge in [0.25, 0.3) is 17.5 Å². The number of rotatable bonds is 5. The van der Waals surface area contributed by atoms with Crippen LogP contribution >= 0.6 is 15.9 Å². The normalized spacial score (nSPS) is 26.6. The fourth-order valence-electron chi connectivity index (χ4n) is 5.55. The first kappa shape index (κ1) is 26.2. The van der Waals surface area contributed by atoms with Crippen LogP contribution in [0.5, 0.6) is 0 Å². The van der Waals surface area contributed by atoms with Crippen LogP contribution in [0.25, 0.3) is 0 Å². The van der Waals surface area contributed by atoms with Gasteiger partial charge in [-0.15, -0.1) is 0 Å². The van der Waals surface area contributed by atoms with Crippen LogP contribution in [0, 0.1) is 16.0 Å². The molecule has 3 heterocycles. The fourth-order valence-corrected chi connectivity index (χ4v) is 6.00. The molecule has 10 nitrogen and oxygen atoms in total. The Balaban J connectivity index is 1.36. The molecule has 202 valence electrons. The minimum absolute atomic E-state index is 0.111. The molecule has 2 amide bonds. The van der Waals surface area contributed by atoms with E-state index < -0.39 is 29.7 Å². The van der Waals surface area contributed by atoms with E-state index in [4.69, 9.17) is 4.74 Å². The summed E-state index contributed by atoms with van der Waals surface area (Å²) in [6.45, 7) is 1.66. The quantitative estimate of drug-likeness (QED) is 0.403. The predicted octanol–water partition coefficient (Wildman–Crippen LogP) is 3.01. The number of anilines is 1. The maximum absolute atomic E-state index is 13.9. The zero-order chi connectivity index (χ0) is 26.4. The van der Waals surface area contributed by atoms with Crippen LogP contribution in [-0.2, 0) is 9.53 Å². The van der Waals surface area contributed by atoms with Crippen LogP contribution in [0.1, 0.15) is 42.5 Å². The number of nitrogens with zero attached hydrogens (tertiary/aromatic N) is 3. The maximum atomic E-state index is 13.9. The minimum atomic E-state index is -2.93. The van der Waals surface area contributed by atoms with Crippen molar-refractivity contribution in [3.05, 3.63) is 32.3 Å². The minimum Gasteiger partial charge on any atom is -0.374 e. The molecular formula is C24H30BrF2N5O5. The van der Waals surface area contributed by atoms with Crippen LogP contribution in [0.2, 0.25) is 0 Å². The molecule has 3 saturated heterocycles. The molecule has 3 aliphatic heterocycles. The van der Waals surface area contributed by atoms with Crippen molar-refractivity contribution in [2.75, 3.05) is 51.2 Å². The average Bonchev–Trinajstić information content (AvgIpc) is 3.61. The number of benzene rings is 1. The smallest absolute Gasteiger partial charge is 0.294 e. The summed E-state index contributed by atoms with van der Waals surface area (Å²) < 4.78 is 34.0. The summed E-state index contributed by atoms with van der Waals surface area (Å²) in [5.74, 6) is -4.42. The van der Waals surface area contributed by atoms with Crippen molar-refractivity contribution >= 4 is 39.1 Å². The zero-order valence-corrected chi connectivity index (χ0v) is 21.9. The number of hydrogen-bond donors (Lipinski definition) is 2. The van der Waals surface area contributed by atoms with E-state index in [1.165, 1.54) is 6.07 Å². The first-order valence-electron chi connectivity index (χ1n) is 12.6. The number of nitro benzene ring substituents is 1. The van der Waals surface area contributed by atoms with Gasteiger partial charge in [-0.3, -0.25) is 19.7 Å². The molecule has 0 radical (unpaired) electrons. The SMILES string of the molecule is O=C(c1cc(Br)cc([N+](=O)[O-])c1N[C@@H]1CCCN(C(=O)[C@H]2CNCC(F)(F)C2)C1)N1CCOC2(CC2)C1. The second kappa shape index (κ2) is 10.1. The van der Waals surface area contributed by atoms with E-state index in [9.17, 15) is 28.5 Å². The number of morpholine rings is 1. The second-order valence-electron chi connectivity index (χ2n) is 10.5. The molecule has 1 aromatic carbocycles. The Hall–Kier alpha value is -2.38. The van der Waals surface area contributed by atoms with E-state index in [0.29, 0.717) is 43.6 Å². The summed E-state index contributed by atoms with van der Waals surface area (Å²) >= 11 is 3.30. The van der Waals surface area contributed by atoms with Crippen LogP contribution in [0.15, 0.2) is 16.6 Å². The van der Waals surface area contributed by atoms with Crippen LogP contribution < -0.4 is 10.6 Å². The van der Waals surface area contributed by atoms with Crippen LogP contribution in [-0.4, -0.2) is 90.0 Å². The Morgan fingerprint density at radius 2 is 2.03 bits per heavy atom. The molecule has 1 saturated carbocycles. The number of ether oxygens (including phenoxy) is 1. The van der Waals surface area contributed by atoms with Crippen molar-refractivity contribution in [1.82, 2.24) is 15.1 Å². The third-order valence-corrected chi connectivity index (χ3v) is 8.06. The van der Waals surface area contributed by atoms with Gasteiger partial charge in [-0.25, -0.2) is 8.78 Å². The Morgan fingerprint density at radius 1 is 1.24 bits per heavy atom. The van der Waals surface area contributed by atoms with Crippen LogP contribution in [0.3, 0.4) is 0 Å². The number of nitrogens with one attached hydrogen (secondary N) is 2. The molecule has 1 spiro atoms. The van der Waals surface area contributed by atoms with Gasteiger partial charge in [-0.05, 0) is 31.7 Å². The number of likely N-dealkylation sites (tertiary alicyclic amines) is 1. The van der Waals surface area contributed by atoms with E-state index >= 15 is 0 Å². The highest BCUT2D eigenvalue weighted by molar-refractivity contribution is 9.10. The van der Waals surface area contributed by atoms with Gasteiger partial charge < -0.3 is 25.2 Å². The largest absolute Gasteiger partial charge is 0.374 e. The van der Waals surface area contributed by atoms with Gasteiger partial charge in [0.05, 0.1) is 41.7 Å². The van der Waals surface area contributed by atoms with Crippen molar-refractivity contribution in [3.63, 3.8) is 0 Å². The molecule has 2 atom stereocenters. The van der Waals surface area contributed by atoms with E-state index in [-0.39, 0.29) is 53.5 Å². The number of carbonyl (C=O) groups is 2. The topological polar surface area (TPSA) is 117 Å². The number of alkyl halides is 2. The molecule has 5 rings (SSSR count). The van der Waals surface area contributed by atoms with Gasteiger partial charge >= 0.3 is 0 Å². The van der Waals surface area contributed by atoms with Gasteiger partial charge in [0.1, 0.15) is 5.69 Å². The number of nitro groups is 1. The molecule has 4 aliphatic rings. The summed E-state index contributed by atoms with van der Waals surface area (Å²) in [5.41, 5.74) is -0.251. The lowest BCUT2D eigenvalue weighted by molar-refractivity contribution is -0.384. The average molecular weight is 586 g/mol. The van der Waals surface area contributed by atoms with Crippen molar-refractivity contribution in [2.45, 2.75) is 49.7 Å². The molecule has 1 aromatic rings. The highest BCUT2D eigenvalue weighted by atomic mass is 79.9. The molecule has 0 bridgehead atoms. The predicted molar refractivity (Wildman–Crippen MR) is 134 cm³/mol. The highest BCUT2D eigenvalue weighted by Gasteiger charge is 2.49. The Bertz CT molecular complexity index is 1100. The molecule has 0 aromatic heterocycles. The number of carbonyl (C=O) groups excluding carboxylic acids is 2. The molecular weight excluding hydrogens is 556 g/mol. The lowest BCUT2D eigenvalue weighted by Crippen LogP contribution is -2.53. The second-order valence-corrected chi connectivity index (χ2v) is 11.4. The van der Waals surface area contributed by atoms with Gasteiger partial charge in [-0.1, -0.05) is 15.9 Å². The maximum Gasteiger partial charge on any atom is 0.294 e. The monoisotopic (exact) mass is 585 g/mol. The standard InChI is InChI=1S/C24H30BrF2N5O5/c25-16-8-18(22(34)31-6-7-37-23(14-31)3-4-23)20(19(9-16)32(35)36)29-17-2-1-5-30(12-17)21(33)15-10-24(26,27)13-28-11-15/h8-9,15,17,28-29H,1-7,10-14H2/t15-,17-/m1/s1. The van der Waals surface area contributed by atoms with Crippen molar-refractivity contribution < 1.29 is 28.0 Å². The first-order chi connectivity index (χ1) is 17.6. The Morgan fingerprint density at radius 3 is 2.73 bits per heavy atom. The molecule has 4 fully saturated rings. The van der Waals surface area contributed by atoms with E-state index in [2.05, 4.69) is 26.6 Å². The molecule has 13 heteroatoms. The van der Waals surface area contributed by atoms with Crippen molar-refractivity contribution in [3.8, 4) is 0 Å². The number of halogens is 3. The molecule has 1 aliphatic carbocycles.